The number of alkyl halides is 1. The first-order chi connectivity index (χ1) is 4.72. The zero-order valence-corrected chi connectivity index (χ0v) is 7.48. The molecule has 62 valence electrons. The highest BCUT2D eigenvalue weighted by Gasteiger charge is 2.10. The topological polar surface area (TPSA) is 37.3 Å². The van der Waals surface area contributed by atoms with Crippen molar-refractivity contribution in [2.45, 2.75) is 26.7 Å². The minimum absolute atomic E-state index is 0.130. The van der Waals surface area contributed by atoms with E-state index in [1.165, 1.54) is 6.38 Å². The van der Waals surface area contributed by atoms with Crippen LogP contribution in [0.5, 0.6) is 0 Å². The average molecular weight is 167 g/mol. The number of carbonyl (C=O) groups is 1. The molecule has 0 aromatic heterocycles. The van der Waals surface area contributed by atoms with Gasteiger partial charge in [-0.15, -0.1) is 11.6 Å². The van der Waals surface area contributed by atoms with Crippen LogP contribution in [-0.4, -0.2) is 17.5 Å². The molecule has 0 aliphatic heterocycles. The summed E-state index contributed by atoms with van der Waals surface area (Å²) in [6.45, 7) is 3.78. The van der Waals surface area contributed by atoms with Gasteiger partial charge in [0.05, 0.1) is 5.92 Å². The molecule has 0 rings (SSSR count). The summed E-state index contributed by atoms with van der Waals surface area (Å²) in [7, 11) is 0. The summed E-state index contributed by atoms with van der Waals surface area (Å²) in [6.07, 6.45) is 2.96. The molecule has 0 aromatic carbocycles. The van der Waals surface area contributed by atoms with Crippen LogP contribution in [0.4, 0.5) is 0 Å². The van der Waals surface area contributed by atoms with E-state index in [9.17, 15) is 4.79 Å². The number of carboxylic acids is 1. The molecule has 0 aliphatic rings. The molecule has 10 heavy (non-hydrogen) atoms. The van der Waals surface area contributed by atoms with Gasteiger partial charge < -0.3 is 5.11 Å². The molecule has 0 fully saturated rings. The van der Waals surface area contributed by atoms with E-state index in [2.05, 4.69) is 11.6 Å². The maximum atomic E-state index is 10.2. The van der Waals surface area contributed by atoms with Gasteiger partial charge in [-0.2, -0.15) is 0 Å². The van der Waals surface area contributed by atoms with Crippen molar-refractivity contribution in [2.75, 3.05) is 6.38 Å². The van der Waals surface area contributed by atoms with E-state index in [1.54, 1.807) is 0 Å². The molecule has 0 saturated heterocycles. The molecular weight excluding hydrogens is 152 g/mol. The second-order valence-electron chi connectivity index (χ2n) is 1.85. The van der Waals surface area contributed by atoms with Crippen LogP contribution in [0.2, 0.25) is 0 Å². The van der Waals surface area contributed by atoms with E-state index in [4.69, 9.17) is 5.11 Å². The molecule has 0 spiro atoms. The van der Waals surface area contributed by atoms with Gasteiger partial charge in [-0.05, 0) is 12.8 Å². The van der Waals surface area contributed by atoms with E-state index in [0.29, 0.717) is 0 Å². The first-order valence-electron chi connectivity index (χ1n) is 3.33. The molecular formula is C7H15ClO2. The summed E-state index contributed by atoms with van der Waals surface area (Å²) >= 11 is 4.64. The molecule has 0 saturated carbocycles. The summed E-state index contributed by atoms with van der Waals surface area (Å²) in [5.74, 6) is -0.801. The molecule has 1 N–H and O–H groups in total. The number of halogens is 1. The summed E-state index contributed by atoms with van der Waals surface area (Å²) in [5, 5.41) is 8.37. The third kappa shape index (κ3) is 5.89. The quantitative estimate of drug-likeness (QED) is 0.654. The first-order valence-corrected chi connectivity index (χ1v) is 4.08. The summed E-state index contributed by atoms with van der Waals surface area (Å²) < 4.78 is 0. The van der Waals surface area contributed by atoms with Gasteiger partial charge in [0.15, 0.2) is 0 Å². The van der Waals surface area contributed by atoms with Crippen molar-refractivity contribution in [2.24, 2.45) is 5.92 Å². The number of hydrogen-bond acceptors (Lipinski definition) is 1. The van der Waals surface area contributed by atoms with Crippen LogP contribution in [0.25, 0.3) is 0 Å². The Morgan fingerprint density at radius 2 is 1.70 bits per heavy atom. The van der Waals surface area contributed by atoms with Crippen LogP contribution in [-0.2, 0) is 4.79 Å². The molecule has 2 nitrogen and oxygen atoms in total. The number of aliphatic carboxylic acids is 1. The van der Waals surface area contributed by atoms with Crippen LogP contribution in [0.3, 0.4) is 0 Å². The second kappa shape index (κ2) is 8.76. The van der Waals surface area contributed by atoms with Gasteiger partial charge in [-0.25, -0.2) is 0 Å². The van der Waals surface area contributed by atoms with Crippen LogP contribution >= 0.6 is 11.6 Å². The Kier molecular flexibility index (Phi) is 10.9. The standard InChI is InChI=1S/C6H12O2.CH3Cl/c1-3-5(4-2)6(7)8;1-2/h5H,3-4H2,1-2H3,(H,7,8);1H3. The third-order valence-corrected chi connectivity index (χ3v) is 1.33. The van der Waals surface area contributed by atoms with Crippen LogP contribution in [0.15, 0.2) is 0 Å². The lowest BCUT2D eigenvalue weighted by Gasteiger charge is -2.02. The molecule has 0 amide bonds. The molecule has 0 heterocycles. The minimum Gasteiger partial charge on any atom is -0.481 e. The fraction of sp³-hybridized carbons (Fsp3) is 0.857. The largest absolute Gasteiger partial charge is 0.481 e. The Morgan fingerprint density at radius 3 is 1.70 bits per heavy atom. The predicted molar refractivity (Wildman–Crippen MR) is 43.5 cm³/mol. The normalized spacial score (nSPS) is 8.50. The van der Waals surface area contributed by atoms with E-state index < -0.39 is 5.97 Å². The smallest absolute Gasteiger partial charge is 0.306 e. The van der Waals surface area contributed by atoms with Gasteiger partial charge >= 0.3 is 5.97 Å². The second-order valence-corrected chi connectivity index (χ2v) is 1.85. The molecule has 0 atom stereocenters. The maximum absolute atomic E-state index is 10.2. The monoisotopic (exact) mass is 166 g/mol. The van der Waals surface area contributed by atoms with Gasteiger partial charge in [0, 0.05) is 6.38 Å². The lowest BCUT2D eigenvalue weighted by molar-refractivity contribution is -0.141. The Bertz CT molecular complexity index is 79.7. The summed E-state index contributed by atoms with van der Waals surface area (Å²) in [6, 6.07) is 0. The highest BCUT2D eigenvalue weighted by molar-refractivity contribution is 6.15. The number of hydrogen-bond donors (Lipinski definition) is 1. The van der Waals surface area contributed by atoms with Crippen LogP contribution in [0, 0.1) is 5.92 Å². The van der Waals surface area contributed by atoms with Crippen LogP contribution < -0.4 is 0 Å². The molecule has 3 heteroatoms. The van der Waals surface area contributed by atoms with Crippen molar-refractivity contribution < 1.29 is 9.90 Å². The van der Waals surface area contributed by atoms with Gasteiger partial charge in [0.25, 0.3) is 0 Å². The maximum Gasteiger partial charge on any atom is 0.306 e. The van der Waals surface area contributed by atoms with Gasteiger partial charge in [-0.1, -0.05) is 13.8 Å². The fourth-order valence-corrected chi connectivity index (χ4v) is 0.638. The van der Waals surface area contributed by atoms with Crippen molar-refractivity contribution in [1.29, 1.82) is 0 Å². The molecule has 0 aromatic rings. The summed E-state index contributed by atoms with van der Waals surface area (Å²) in [5.41, 5.74) is 0. The zero-order valence-electron chi connectivity index (χ0n) is 6.72. The predicted octanol–water partition coefficient (Wildman–Crippen LogP) is 2.36. The SMILES string of the molecule is CCC(CC)C(=O)O.CCl. The molecule has 0 bridgehead atoms. The van der Waals surface area contributed by atoms with Gasteiger partial charge in [0.2, 0.25) is 0 Å². The fourth-order valence-electron chi connectivity index (χ4n) is 0.638. The van der Waals surface area contributed by atoms with E-state index in [-0.39, 0.29) is 5.92 Å². The number of rotatable bonds is 3. The highest BCUT2D eigenvalue weighted by atomic mass is 35.5. The lowest BCUT2D eigenvalue weighted by Crippen LogP contribution is -2.10. The molecule has 0 unspecified atom stereocenters. The van der Waals surface area contributed by atoms with E-state index in [1.807, 2.05) is 13.8 Å². The van der Waals surface area contributed by atoms with Crippen molar-refractivity contribution >= 4 is 17.6 Å². The average Bonchev–Trinajstić information content (AvgIpc) is 1.94. The van der Waals surface area contributed by atoms with Crippen molar-refractivity contribution in [3.8, 4) is 0 Å². The first kappa shape index (κ1) is 12.4. The van der Waals surface area contributed by atoms with E-state index in [0.717, 1.165) is 12.8 Å². The van der Waals surface area contributed by atoms with E-state index >= 15 is 0 Å². The highest BCUT2D eigenvalue weighted by Crippen LogP contribution is 2.05. The molecule has 0 radical (unpaired) electrons. The zero-order chi connectivity index (χ0) is 8.57. The third-order valence-electron chi connectivity index (χ3n) is 1.33. The molecule has 0 aliphatic carbocycles. The lowest BCUT2D eigenvalue weighted by atomic mass is 10.1. The summed E-state index contributed by atoms with van der Waals surface area (Å²) in [4.78, 5) is 10.2. The van der Waals surface area contributed by atoms with Crippen molar-refractivity contribution in [3.05, 3.63) is 0 Å². The Labute approximate surface area is 67.2 Å². The Hall–Kier alpha value is -0.240. The Morgan fingerprint density at radius 1 is 1.40 bits per heavy atom. The number of carboxylic acid groups (broad SMARTS) is 1. The van der Waals surface area contributed by atoms with Crippen molar-refractivity contribution in [3.63, 3.8) is 0 Å². The van der Waals surface area contributed by atoms with Crippen LogP contribution in [0.1, 0.15) is 26.7 Å². The van der Waals surface area contributed by atoms with Gasteiger partial charge in [-0.3, -0.25) is 4.79 Å². The minimum atomic E-state index is -0.671. The van der Waals surface area contributed by atoms with Crippen molar-refractivity contribution in [1.82, 2.24) is 0 Å². The Balaban J connectivity index is 0. The van der Waals surface area contributed by atoms with Gasteiger partial charge in [0.1, 0.15) is 0 Å².